The maximum atomic E-state index is 4.56. The first-order valence-corrected chi connectivity index (χ1v) is 10.7. The van der Waals surface area contributed by atoms with Gasteiger partial charge in [-0.2, -0.15) is 0 Å². The number of para-hydroxylation sites is 1. The van der Waals surface area contributed by atoms with Gasteiger partial charge in [-0.1, -0.05) is 60.7 Å². The Kier molecular flexibility index (Phi) is 6.72. The van der Waals surface area contributed by atoms with Gasteiger partial charge in [-0.3, -0.25) is 4.90 Å². The molecule has 0 amide bonds. The third-order valence-electron chi connectivity index (χ3n) is 5.47. The highest BCUT2D eigenvalue weighted by Gasteiger charge is 2.18. The molecule has 0 atom stereocenters. The summed E-state index contributed by atoms with van der Waals surface area (Å²) in [6.45, 7) is 8.03. The molecule has 5 heteroatoms. The lowest BCUT2D eigenvalue weighted by atomic mass is 10.2. The fourth-order valence-corrected chi connectivity index (χ4v) is 3.80. The molecule has 0 radical (unpaired) electrons. The van der Waals surface area contributed by atoms with Gasteiger partial charge in [-0.25, -0.2) is 9.97 Å². The van der Waals surface area contributed by atoms with Crippen LogP contribution in [-0.4, -0.2) is 54.1 Å². The van der Waals surface area contributed by atoms with Gasteiger partial charge in [-0.15, -0.1) is 0 Å². The van der Waals surface area contributed by atoms with Gasteiger partial charge in [0.25, 0.3) is 0 Å². The summed E-state index contributed by atoms with van der Waals surface area (Å²) in [5, 5.41) is 0. The van der Waals surface area contributed by atoms with E-state index >= 15 is 0 Å². The van der Waals surface area contributed by atoms with Crippen molar-refractivity contribution in [1.29, 1.82) is 0 Å². The summed E-state index contributed by atoms with van der Waals surface area (Å²) in [6, 6.07) is 23.0. The third kappa shape index (κ3) is 5.05. The van der Waals surface area contributed by atoms with Crippen LogP contribution in [0.5, 0.6) is 0 Å². The molecule has 1 aliphatic heterocycles. The van der Waals surface area contributed by atoms with Crippen molar-refractivity contribution in [2.24, 2.45) is 0 Å². The summed E-state index contributed by atoms with van der Waals surface area (Å²) in [4.78, 5) is 16.2. The van der Waals surface area contributed by atoms with E-state index in [0.717, 1.165) is 56.6 Å². The van der Waals surface area contributed by atoms with E-state index in [9.17, 15) is 0 Å². The Morgan fingerprint density at radius 1 is 0.900 bits per heavy atom. The van der Waals surface area contributed by atoms with Crippen molar-refractivity contribution >= 4 is 23.4 Å². The van der Waals surface area contributed by atoms with Crippen LogP contribution in [0.1, 0.15) is 12.5 Å². The molecule has 0 bridgehead atoms. The van der Waals surface area contributed by atoms with E-state index in [1.54, 1.807) is 6.33 Å². The molecule has 0 N–H and O–H groups in total. The maximum absolute atomic E-state index is 4.56. The van der Waals surface area contributed by atoms with Crippen molar-refractivity contribution in [3.8, 4) is 0 Å². The normalized spacial score (nSPS) is 14.9. The molecule has 5 nitrogen and oxygen atoms in total. The lowest BCUT2D eigenvalue weighted by Crippen LogP contribution is -2.46. The zero-order chi connectivity index (χ0) is 20.6. The van der Waals surface area contributed by atoms with Crippen molar-refractivity contribution in [3.05, 3.63) is 84.7 Å². The second-order valence-corrected chi connectivity index (χ2v) is 7.41. The first-order valence-electron chi connectivity index (χ1n) is 10.7. The minimum absolute atomic E-state index is 0.863. The van der Waals surface area contributed by atoms with Crippen LogP contribution in [0, 0.1) is 0 Å². The number of aromatic nitrogens is 2. The Bertz CT molecular complexity index is 934. The van der Waals surface area contributed by atoms with Gasteiger partial charge in [0.1, 0.15) is 18.0 Å². The van der Waals surface area contributed by atoms with Crippen LogP contribution in [0.15, 0.2) is 79.1 Å². The number of nitrogens with zero attached hydrogens (tertiary/aromatic N) is 5. The van der Waals surface area contributed by atoms with Gasteiger partial charge in [0, 0.05) is 51.0 Å². The van der Waals surface area contributed by atoms with E-state index < -0.39 is 0 Å². The molecular formula is C25H29N5. The monoisotopic (exact) mass is 399 g/mol. The van der Waals surface area contributed by atoms with Crippen LogP contribution in [0.25, 0.3) is 6.08 Å². The molecule has 1 fully saturated rings. The van der Waals surface area contributed by atoms with Crippen molar-refractivity contribution < 1.29 is 0 Å². The molecule has 30 heavy (non-hydrogen) atoms. The lowest BCUT2D eigenvalue weighted by Gasteiger charge is -2.35. The van der Waals surface area contributed by atoms with Gasteiger partial charge < -0.3 is 9.80 Å². The zero-order valence-corrected chi connectivity index (χ0v) is 17.6. The number of benzene rings is 2. The van der Waals surface area contributed by atoms with Crippen LogP contribution in [0.3, 0.4) is 0 Å². The first-order chi connectivity index (χ1) is 14.8. The number of hydrogen-bond donors (Lipinski definition) is 0. The predicted molar refractivity (Wildman–Crippen MR) is 125 cm³/mol. The number of anilines is 3. The van der Waals surface area contributed by atoms with Crippen molar-refractivity contribution in [2.75, 3.05) is 49.1 Å². The number of rotatable bonds is 7. The van der Waals surface area contributed by atoms with Crippen molar-refractivity contribution in [3.63, 3.8) is 0 Å². The number of hydrogen-bond acceptors (Lipinski definition) is 5. The standard InChI is InChI=1S/C25H29N5/c1-2-30(23-13-7-4-8-14-23)25-20-24(26-21-27-25)29-18-16-28(17-19-29)15-9-12-22-10-5-3-6-11-22/h3-14,20-21H,2,15-19H2,1H3/b12-9+. The molecule has 0 spiro atoms. The number of piperazine rings is 1. The van der Waals surface area contributed by atoms with Gasteiger partial charge in [0.2, 0.25) is 0 Å². The minimum Gasteiger partial charge on any atom is -0.354 e. The molecule has 2 aromatic carbocycles. The van der Waals surface area contributed by atoms with Crippen LogP contribution in [0.4, 0.5) is 17.3 Å². The summed E-state index contributed by atoms with van der Waals surface area (Å²) in [6.07, 6.45) is 6.14. The summed E-state index contributed by atoms with van der Waals surface area (Å²) >= 11 is 0. The van der Waals surface area contributed by atoms with E-state index in [1.807, 2.05) is 6.07 Å². The highest BCUT2D eigenvalue weighted by atomic mass is 15.3. The van der Waals surface area contributed by atoms with Gasteiger partial charge >= 0.3 is 0 Å². The Hall–Kier alpha value is -3.18. The quantitative estimate of drug-likeness (QED) is 0.586. The molecule has 154 valence electrons. The second-order valence-electron chi connectivity index (χ2n) is 7.41. The molecule has 2 heterocycles. The summed E-state index contributed by atoms with van der Waals surface area (Å²) in [7, 11) is 0. The summed E-state index contributed by atoms with van der Waals surface area (Å²) in [5.74, 6) is 1.95. The molecule has 0 unspecified atom stereocenters. The van der Waals surface area contributed by atoms with Gasteiger partial charge in [0.05, 0.1) is 0 Å². The largest absolute Gasteiger partial charge is 0.354 e. The topological polar surface area (TPSA) is 35.5 Å². The van der Waals surface area contributed by atoms with E-state index in [1.165, 1.54) is 5.56 Å². The SMILES string of the molecule is CCN(c1ccccc1)c1cc(N2CCN(C/C=C/c3ccccc3)CC2)ncn1. The van der Waals surface area contributed by atoms with Crippen LogP contribution in [0.2, 0.25) is 0 Å². The zero-order valence-electron chi connectivity index (χ0n) is 17.6. The van der Waals surface area contributed by atoms with Crippen LogP contribution in [-0.2, 0) is 0 Å². The predicted octanol–water partition coefficient (Wildman–Crippen LogP) is 4.47. The van der Waals surface area contributed by atoms with Crippen molar-refractivity contribution in [2.45, 2.75) is 6.92 Å². The van der Waals surface area contributed by atoms with E-state index in [0.29, 0.717) is 0 Å². The van der Waals surface area contributed by atoms with Crippen molar-refractivity contribution in [1.82, 2.24) is 14.9 Å². The van der Waals surface area contributed by atoms with E-state index in [4.69, 9.17) is 0 Å². The molecule has 0 aliphatic carbocycles. The molecule has 1 aliphatic rings. The molecule has 1 saturated heterocycles. The van der Waals surface area contributed by atoms with Gasteiger partial charge in [0.15, 0.2) is 0 Å². The Labute approximate surface area is 179 Å². The fraction of sp³-hybridized carbons (Fsp3) is 0.280. The molecule has 3 aromatic rings. The van der Waals surface area contributed by atoms with Crippen LogP contribution < -0.4 is 9.80 Å². The Morgan fingerprint density at radius 3 is 2.30 bits per heavy atom. The van der Waals surface area contributed by atoms with E-state index in [-0.39, 0.29) is 0 Å². The fourth-order valence-electron chi connectivity index (χ4n) is 3.80. The lowest BCUT2D eigenvalue weighted by molar-refractivity contribution is 0.283. The smallest absolute Gasteiger partial charge is 0.138 e. The third-order valence-corrected chi connectivity index (χ3v) is 5.47. The summed E-state index contributed by atoms with van der Waals surface area (Å²) in [5.41, 5.74) is 2.41. The molecule has 1 aromatic heterocycles. The highest BCUT2D eigenvalue weighted by Crippen LogP contribution is 2.25. The highest BCUT2D eigenvalue weighted by molar-refractivity contribution is 5.62. The second kappa shape index (κ2) is 10.0. The first kappa shape index (κ1) is 20.1. The Balaban J connectivity index is 1.36. The van der Waals surface area contributed by atoms with Crippen LogP contribution >= 0.6 is 0 Å². The average Bonchev–Trinajstić information content (AvgIpc) is 2.82. The van der Waals surface area contributed by atoms with Gasteiger partial charge in [-0.05, 0) is 24.6 Å². The molecule has 4 rings (SSSR count). The molecular weight excluding hydrogens is 370 g/mol. The summed E-state index contributed by atoms with van der Waals surface area (Å²) < 4.78 is 0. The molecule has 0 saturated carbocycles. The maximum Gasteiger partial charge on any atom is 0.138 e. The minimum atomic E-state index is 0.863. The average molecular weight is 400 g/mol. The van der Waals surface area contributed by atoms with E-state index in [2.05, 4.69) is 104 Å². The Morgan fingerprint density at radius 2 is 1.60 bits per heavy atom.